The zero-order valence-corrected chi connectivity index (χ0v) is 10.3. The third-order valence-corrected chi connectivity index (χ3v) is 2.83. The van der Waals surface area contributed by atoms with Gasteiger partial charge in [-0.15, -0.1) is 0 Å². The Kier molecular flexibility index (Phi) is 3.62. The van der Waals surface area contributed by atoms with Crippen LogP contribution < -0.4 is 4.74 Å². The number of aromatic nitrogens is 2. The van der Waals surface area contributed by atoms with Gasteiger partial charge in [0.1, 0.15) is 17.7 Å². The number of aliphatic hydroxyl groups excluding tert-OH is 1. The highest BCUT2D eigenvalue weighted by Crippen LogP contribution is 2.26. The number of ether oxygens (including phenoxy) is 1. The van der Waals surface area contributed by atoms with Gasteiger partial charge >= 0.3 is 0 Å². The average molecular weight is 250 g/mol. The van der Waals surface area contributed by atoms with E-state index in [9.17, 15) is 9.50 Å². The Morgan fingerprint density at radius 3 is 2.83 bits per heavy atom. The molecule has 0 bridgehead atoms. The van der Waals surface area contributed by atoms with Gasteiger partial charge in [0.05, 0.1) is 12.8 Å². The van der Waals surface area contributed by atoms with Crippen LogP contribution in [0.15, 0.2) is 30.5 Å². The van der Waals surface area contributed by atoms with Crippen molar-refractivity contribution in [3.63, 3.8) is 0 Å². The molecule has 18 heavy (non-hydrogen) atoms. The fraction of sp³-hybridized carbons (Fsp3) is 0.308. The van der Waals surface area contributed by atoms with Crippen LogP contribution in [-0.4, -0.2) is 22.0 Å². The molecule has 5 heteroatoms. The molecule has 0 spiro atoms. The molecule has 0 aliphatic rings. The zero-order chi connectivity index (χ0) is 13.1. The van der Waals surface area contributed by atoms with Crippen molar-refractivity contribution in [2.75, 3.05) is 7.11 Å². The van der Waals surface area contributed by atoms with E-state index in [4.69, 9.17) is 4.74 Å². The summed E-state index contributed by atoms with van der Waals surface area (Å²) in [7, 11) is 1.47. The predicted molar refractivity (Wildman–Crippen MR) is 64.9 cm³/mol. The molecule has 4 nitrogen and oxygen atoms in total. The van der Waals surface area contributed by atoms with E-state index in [2.05, 4.69) is 5.10 Å². The van der Waals surface area contributed by atoms with Gasteiger partial charge in [0.2, 0.25) is 0 Å². The monoisotopic (exact) mass is 250 g/mol. The highest BCUT2D eigenvalue weighted by atomic mass is 19.1. The van der Waals surface area contributed by atoms with Crippen molar-refractivity contribution in [3.8, 4) is 5.75 Å². The minimum atomic E-state index is -1.03. The summed E-state index contributed by atoms with van der Waals surface area (Å²) in [5.41, 5.74) is 0.785. The Balaban J connectivity index is 2.37. The van der Waals surface area contributed by atoms with Crippen molar-refractivity contribution in [1.29, 1.82) is 0 Å². The molecule has 0 saturated carbocycles. The molecule has 0 radical (unpaired) electrons. The predicted octanol–water partition coefficient (Wildman–Crippen LogP) is 2.13. The SMILES string of the molecule is CCn1nccc1C(O)c1ccc(OC)cc1F. The molecule has 1 unspecified atom stereocenters. The number of hydrogen-bond donors (Lipinski definition) is 1. The maximum absolute atomic E-state index is 13.8. The first-order valence-electron chi connectivity index (χ1n) is 5.70. The summed E-state index contributed by atoms with van der Waals surface area (Å²) in [6.45, 7) is 2.53. The largest absolute Gasteiger partial charge is 0.497 e. The molecule has 1 aromatic carbocycles. The fourth-order valence-electron chi connectivity index (χ4n) is 1.86. The van der Waals surface area contributed by atoms with Crippen LogP contribution in [0.1, 0.15) is 24.3 Å². The van der Waals surface area contributed by atoms with Gasteiger partial charge in [-0.2, -0.15) is 5.10 Å². The third-order valence-electron chi connectivity index (χ3n) is 2.83. The number of hydrogen-bond acceptors (Lipinski definition) is 3. The lowest BCUT2D eigenvalue weighted by Crippen LogP contribution is -2.10. The highest BCUT2D eigenvalue weighted by Gasteiger charge is 2.18. The Morgan fingerprint density at radius 1 is 1.44 bits per heavy atom. The molecule has 2 rings (SSSR count). The Morgan fingerprint density at radius 2 is 2.22 bits per heavy atom. The fourth-order valence-corrected chi connectivity index (χ4v) is 1.86. The smallest absolute Gasteiger partial charge is 0.133 e. The number of halogens is 1. The summed E-state index contributed by atoms with van der Waals surface area (Å²) in [5.74, 6) is -0.0712. The summed E-state index contributed by atoms with van der Waals surface area (Å²) in [5, 5.41) is 14.2. The summed E-state index contributed by atoms with van der Waals surface area (Å²) in [4.78, 5) is 0. The van der Waals surface area contributed by atoms with E-state index in [1.165, 1.54) is 19.2 Å². The first-order chi connectivity index (χ1) is 8.67. The molecule has 0 amide bonds. The first-order valence-corrected chi connectivity index (χ1v) is 5.70. The molecule has 0 aliphatic carbocycles. The van der Waals surface area contributed by atoms with E-state index < -0.39 is 11.9 Å². The summed E-state index contributed by atoms with van der Waals surface area (Å²) >= 11 is 0. The van der Waals surface area contributed by atoms with Crippen LogP contribution in [0.2, 0.25) is 0 Å². The second-order valence-corrected chi connectivity index (χ2v) is 3.86. The van der Waals surface area contributed by atoms with Crippen LogP contribution in [0.5, 0.6) is 5.75 Å². The maximum atomic E-state index is 13.8. The number of rotatable bonds is 4. The second-order valence-electron chi connectivity index (χ2n) is 3.86. The number of nitrogens with zero attached hydrogens (tertiary/aromatic N) is 2. The van der Waals surface area contributed by atoms with Crippen LogP contribution in [0.4, 0.5) is 4.39 Å². The topological polar surface area (TPSA) is 47.3 Å². The highest BCUT2D eigenvalue weighted by molar-refractivity contribution is 5.33. The van der Waals surface area contributed by atoms with Crippen LogP contribution in [0.25, 0.3) is 0 Å². The van der Waals surface area contributed by atoms with Crippen molar-refractivity contribution in [1.82, 2.24) is 9.78 Å². The van der Waals surface area contributed by atoms with Crippen molar-refractivity contribution in [3.05, 3.63) is 47.5 Å². The number of aryl methyl sites for hydroxylation is 1. The quantitative estimate of drug-likeness (QED) is 0.904. The minimum absolute atomic E-state index is 0.214. The van der Waals surface area contributed by atoms with E-state index >= 15 is 0 Å². The molecule has 2 aromatic rings. The maximum Gasteiger partial charge on any atom is 0.133 e. The molecule has 1 N–H and O–H groups in total. The minimum Gasteiger partial charge on any atom is -0.497 e. The van der Waals surface area contributed by atoms with E-state index in [0.717, 1.165) is 0 Å². The van der Waals surface area contributed by atoms with Gasteiger partial charge in [-0.05, 0) is 25.1 Å². The number of benzene rings is 1. The van der Waals surface area contributed by atoms with Crippen molar-refractivity contribution in [2.45, 2.75) is 19.6 Å². The summed E-state index contributed by atoms with van der Waals surface area (Å²) in [6, 6.07) is 6.07. The van der Waals surface area contributed by atoms with Crippen molar-refractivity contribution >= 4 is 0 Å². The lowest BCUT2D eigenvalue weighted by molar-refractivity contribution is 0.202. The first kappa shape index (κ1) is 12.6. The molecule has 1 heterocycles. The molecule has 0 fully saturated rings. The van der Waals surface area contributed by atoms with Crippen molar-refractivity contribution in [2.24, 2.45) is 0 Å². The average Bonchev–Trinajstić information content (AvgIpc) is 2.86. The van der Waals surface area contributed by atoms with Gasteiger partial charge in [-0.1, -0.05) is 0 Å². The number of aliphatic hydroxyl groups is 1. The summed E-state index contributed by atoms with van der Waals surface area (Å²) < 4.78 is 20.4. The lowest BCUT2D eigenvalue weighted by atomic mass is 10.1. The van der Waals surface area contributed by atoms with Crippen LogP contribution in [0, 0.1) is 5.82 Å². The second kappa shape index (κ2) is 5.18. The molecule has 1 aromatic heterocycles. The van der Waals surface area contributed by atoms with E-state index in [1.54, 1.807) is 23.0 Å². The number of methoxy groups -OCH3 is 1. The van der Waals surface area contributed by atoms with Gasteiger partial charge in [-0.25, -0.2) is 4.39 Å². The summed E-state index contributed by atoms with van der Waals surface area (Å²) in [6.07, 6.45) is 0.557. The van der Waals surface area contributed by atoms with Gasteiger partial charge in [-0.3, -0.25) is 4.68 Å². The molecular weight excluding hydrogens is 235 g/mol. The third kappa shape index (κ3) is 2.22. The van der Waals surface area contributed by atoms with E-state index in [1.807, 2.05) is 6.92 Å². The van der Waals surface area contributed by atoms with Gasteiger partial charge in [0.25, 0.3) is 0 Å². The van der Waals surface area contributed by atoms with Gasteiger partial charge in [0, 0.05) is 24.4 Å². The normalized spacial score (nSPS) is 12.4. The van der Waals surface area contributed by atoms with E-state index in [-0.39, 0.29) is 5.56 Å². The molecule has 1 atom stereocenters. The standard InChI is InChI=1S/C13H15FN2O2/c1-3-16-12(6-7-15-16)13(17)10-5-4-9(18-2)8-11(10)14/h4-8,13,17H,3H2,1-2H3. The van der Waals surface area contributed by atoms with Crippen LogP contribution >= 0.6 is 0 Å². The molecule has 0 saturated heterocycles. The van der Waals surface area contributed by atoms with Gasteiger partial charge in [0.15, 0.2) is 0 Å². The Labute approximate surface area is 105 Å². The van der Waals surface area contributed by atoms with Crippen molar-refractivity contribution < 1.29 is 14.2 Å². The Bertz CT molecular complexity index is 540. The molecule has 0 aliphatic heterocycles. The Hall–Kier alpha value is -1.88. The zero-order valence-electron chi connectivity index (χ0n) is 10.3. The van der Waals surface area contributed by atoms with E-state index in [0.29, 0.717) is 18.0 Å². The molecule has 96 valence electrons. The van der Waals surface area contributed by atoms with Crippen LogP contribution in [0.3, 0.4) is 0 Å². The lowest BCUT2D eigenvalue weighted by Gasteiger charge is -2.14. The van der Waals surface area contributed by atoms with Crippen LogP contribution in [-0.2, 0) is 6.54 Å². The van der Waals surface area contributed by atoms with Gasteiger partial charge < -0.3 is 9.84 Å². The molecular formula is C13H15FN2O2.